The molecule has 2 N–H and O–H groups in total. The van der Waals surface area contributed by atoms with Crippen molar-refractivity contribution >= 4 is 51.7 Å². The number of halogens is 1. The van der Waals surface area contributed by atoms with E-state index in [1.165, 1.54) is 15.0 Å². The lowest BCUT2D eigenvalue weighted by Gasteiger charge is -2.35. The molecule has 33 heavy (non-hydrogen) atoms. The highest BCUT2D eigenvalue weighted by Gasteiger charge is 2.35. The molecule has 2 amide bonds. The van der Waals surface area contributed by atoms with Crippen LogP contribution in [0.15, 0.2) is 42.5 Å². The van der Waals surface area contributed by atoms with Crippen molar-refractivity contribution in [3.05, 3.63) is 59.2 Å². The fourth-order valence-electron chi connectivity index (χ4n) is 4.59. The van der Waals surface area contributed by atoms with E-state index in [-0.39, 0.29) is 29.7 Å². The van der Waals surface area contributed by atoms with Gasteiger partial charge in [-0.3, -0.25) is 19.4 Å². The second-order valence-corrected chi connectivity index (χ2v) is 9.10. The van der Waals surface area contributed by atoms with Gasteiger partial charge in [0.2, 0.25) is 0 Å². The summed E-state index contributed by atoms with van der Waals surface area (Å²) in [7, 11) is 0. The molecule has 7 nitrogen and oxygen atoms in total. The van der Waals surface area contributed by atoms with Gasteiger partial charge in [-0.1, -0.05) is 24.3 Å². The largest absolute Gasteiger partial charge is 0.412 e. The van der Waals surface area contributed by atoms with Crippen molar-refractivity contribution in [1.82, 2.24) is 14.2 Å². The monoisotopic (exact) mass is 488 g/mol. The smallest absolute Gasteiger partial charge is 0.261 e. The Morgan fingerprint density at radius 1 is 0.909 bits per heavy atom. The summed E-state index contributed by atoms with van der Waals surface area (Å²) in [6, 6.07) is 13.9. The summed E-state index contributed by atoms with van der Waals surface area (Å²) in [5.74, 6) is 0.830. The van der Waals surface area contributed by atoms with Gasteiger partial charge in [-0.25, -0.2) is 0 Å². The molecule has 3 heterocycles. The zero-order valence-electron chi connectivity index (χ0n) is 18.6. The van der Waals surface area contributed by atoms with Crippen LogP contribution in [0.3, 0.4) is 0 Å². The third-order valence-corrected chi connectivity index (χ3v) is 7.16. The van der Waals surface area contributed by atoms with Gasteiger partial charge in [-0.05, 0) is 61.6 Å². The van der Waals surface area contributed by atoms with E-state index >= 15 is 0 Å². The Labute approximate surface area is 203 Å². The summed E-state index contributed by atoms with van der Waals surface area (Å²) in [5.41, 5.74) is 2.01. The number of hydrogen-bond acceptors (Lipinski definition) is 6. The van der Waals surface area contributed by atoms with E-state index in [0.717, 1.165) is 56.9 Å². The maximum atomic E-state index is 12.6. The van der Waals surface area contributed by atoms with Gasteiger partial charge in [-0.15, -0.1) is 12.4 Å². The number of piperazine rings is 1. The van der Waals surface area contributed by atoms with Crippen molar-refractivity contribution in [2.75, 3.05) is 44.2 Å². The molecule has 3 aromatic rings. The summed E-state index contributed by atoms with van der Waals surface area (Å²) in [6.07, 6.45) is 1.81. The maximum absolute atomic E-state index is 12.6. The van der Waals surface area contributed by atoms with Crippen LogP contribution in [0.1, 0.15) is 39.1 Å². The predicted octanol–water partition coefficient (Wildman–Crippen LogP) is 3.40. The zero-order chi connectivity index (χ0) is 21.4. The Balaban J connectivity index is 0.00000153. The number of rotatable bonds is 6. The van der Waals surface area contributed by atoms with Gasteiger partial charge in [0, 0.05) is 38.1 Å². The molecular weight excluding hydrogens is 460 g/mol. The van der Waals surface area contributed by atoms with Crippen LogP contribution in [0.25, 0.3) is 10.1 Å². The first-order valence-corrected chi connectivity index (χ1v) is 11.7. The van der Waals surface area contributed by atoms with E-state index in [1.54, 1.807) is 17.6 Å². The molecule has 2 aliphatic rings. The van der Waals surface area contributed by atoms with E-state index in [0.29, 0.717) is 17.7 Å². The molecule has 2 aromatic carbocycles. The Morgan fingerprint density at radius 3 is 2.39 bits per heavy atom. The van der Waals surface area contributed by atoms with Crippen molar-refractivity contribution in [3.63, 3.8) is 0 Å². The van der Waals surface area contributed by atoms with Crippen LogP contribution in [-0.2, 0) is 0 Å². The second-order valence-electron chi connectivity index (χ2n) is 8.30. The van der Waals surface area contributed by atoms with Crippen LogP contribution >= 0.6 is 23.9 Å². The van der Waals surface area contributed by atoms with Crippen LogP contribution in [-0.4, -0.2) is 70.7 Å². The van der Waals surface area contributed by atoms with E-state index in [1.807, 2.05) is 19.1 Å². The normalized spacial score (nSPS) is 16.0. The topological polar surface area (TPSA) is 88.2 Å². The van der Waals surface area contributed by atoms with Crippen molar-refractivity contribution in [1.29, 1.82) is 0 Å². The highest BCUT2D eigenvalue weighted by Crippen LogP contribution is 2.30. The van der Waals surface area contributed by atoms with Crippen molar-refractivity contribution < 1.29 is 15.1 Å². The molecule has 1 aromatic heterocycles. The maximum Gasteiger partial charge on any atom is 0.261 e. The van der Waals surface area contributed by atoms with E-state index in [2.05, 4.69) is 38.4 Å². The number of aromatic nitrogens is 1. The van der Waals surface area contributed by atoms with Crippen LogP contribution in [0.5, 0.6) is 0 Å². The van der Waals surface area contributed by atoms with E-state index in [4.69, 9.17) is 0 Å². The van der Waals surface area contributed by atoms with Gasteiger partial charge < -0.3 is 10.4 Å². The first kappa shape index (κ1) is 25.1. The van der Waals surface area contributed by atoms with Crippen LogP contribution in [0, 0.1) is 6.92 Å². The molecule has 0 atom stereocenters. The number of imide groups is 1. The first-order chi connectivity index (χ1) is 15.1. The van der Waals surface area contributed by atoms with Gasteiger partial charge in [-0.2, -0.15) is 4.37 Å². The van der Waals surface area contributed by atoms with Crippen molar-refractivity contribution in [2.24, 2.45) is 0 Å². The second kappa shape index (κ2) is 10.6. The lowest BCUT2D eigenvalue weighted by Crippen LogP contribution is -2.46. The van der Waals surface area contributed by atoms with Gasteiger partial charge in [0.15, 0.2) is 0 Å². The molecular formula is C24H29ClN4O3S. The zero-order valence-corrected chi connectivity index (χ0v) is 20.3. The van der Waals surface area contributed by atoms with Crippen molar-refractivity contribution in [3.8, 4) is 0 Å². The van der Waals surface area contributed by atoms with Crippen molar-refractivity contribution in [2.45, 2.75) is 19.8 Å². The fraction of sp³-hybridized carbons (Fsp3) is 0.375. The summed E-state index contributed by atoms with van der Waals surface area (Å²) in [4.78, 5) is 31.5. The Hall–Kier alpha value is -2.52. The molecule has 9 heteroatoms. The average molecular weight is 489 g/mol. The molecule has 1 saturated heterocycles. The van der Waals surface area contributed by atoms with Crippen LogP contribution in [0.2, 0.25) is 0 Å². The summed E-state index contributed by atoms with van der Waals surface area (Å²) >= 11 is 1.57. The van der Waals surface area contributed by atoms with Gasteiger partial charge in [0.1, 0.15) is 5.82 Å². The molecule has 0 unspecified atom stereocenters. The molecule has 176 valence electrons. The number of hydrogen-bond donors (Lipinski definition) is 0. The average Bonchev–Trinajstić information content (AvgIpc) is 3.32. The standard InChI is InChI=1S/C24H26N4O2S.ClH.H2O/c1-17-7-6-9-19-21(17)24(30)28(23(19)29)12-5-4-11-26-13-15-27(16-14-26)22-18-8-2-3-10-20(18)31-25-22;;/h2-3,6-10H,4-5,11-16H2,1H3;1H;1H2. The summed E-state index contributed by atoms with van der Waals surface area (Å²) in [5, 5.41) is 1.25. The highest BCUT2D eigenvalue weighted by atomic mass is 35.5. The number of fused-ring (bicyclic) bond motifs is 2. The summed E-state index contributed by atoms with van der Waals surface area (Å²) in [6.45, 7) is 7.36. The molecule has 5 rings (SSSR count). The number of amides is 2. The number of unbranched alkanes of at least 4 members (excludes halogenated alkanes) is 1. The first-order valence-electron chi connectivity index (χ1n) is 10.9. The number of anilines is 1. The predicted molar refractivity (Wildman–Crippen MR) is 135 cm³/mol. The molecule has 1 fully saturated rings. The summed E-state index contributed by atoms with van der Waals surface area (Å²) < 4.78 is 5.92. The van der Waals surface area contributed by atoms with E-state index < -0.39 is 0 Å². The van der Waals surface area contributed by atoms with Crippen LogP contribution < -0.4 is 4.90 Å². The minimum Gasteiger partial charge on any atom is -0.412 e. The Kier molecular flexibility index (Phi) is 8.07. The molecule has 0 aliphatic carbocycles. The third-order valence-electron chi connectivity index (χ3n) is 6.34. The minimum absolute atomic E-state index is 0. The molecule has 2 aliphatic heterocycles. The quantitative estimate of drug-likeness (QED) is 0.392. The lowest BCUT2D eigenvalue weighted by atomic mass is 10.0. The molecule has 0 radical (unpaired) electrons. The number of carbonyl (C=O) groups excluding carboxylic acids is 2. The molecule has 0 bridgehead atoms. The number of benzene rings is 2. The highest BCUT2D eigenvalue weighted by molar-refractivity contribution is 7.13. The Morgan fingerprint density at radius 2 is 1.64 bits per heavy atom. The van der Waals surface area contributed by atoms with Gasteiger partial charge in [0.25, 0.3) is 11.8 Å². The fourth-order valence-corrected chi connectivity index (χ4v) is 5.39. The van der Waals surface area contributed by atoms with Crippen LogP contribution in [0.4, 0.5) is 5.82 Å². The number of aryl methyl sites for hydroxylation is 1. The van der Waals surface area contributed by atoms with E-state index in [9.17, 15) is 9.59 Å². The molecule has 0 saturated carbocycles. The minimum atomic E-state index is -0.146. The Bertz CT molecular complexity index is 1140. The van der Waals surface area contributed by atoms with Gasteiger partial charge >= 0.3 is 0 Å². The third kappa shape index (κ3) is 4.75. The number of carbonyl (C=O) groups is 2. The lowest BCUT2D eigenvalue weighted by molar-refractivity contribution is 0.0650. The number of nitrogens with zero attached hydrogens (tertiary/aromatic N) is 4. The molecule has 0 spiro atoms. The SMILES string of the molecule is Cc1cccc2c1C(=O)N(CCCCN1CCN(c3nsc4ccccc34)CC1)C2=O.Cl.O. The van der Waals surface area contributed by atoms with Gasteiger partial charge in [0.05, 0.1) is 15.8 Å².